The molecule has 0 fully saturated rings. The summed E-state index contributed by atoms with van der Waals surface area (Å²) in [5, 5.41) is 4.49. The van der Waals surface area contributed by atoms with E-state index in [2.05, 4.69) is 28.9 Å². The van der Waals surface area contributed by atoms with E-state index in [0.717, 1.165) is 17.4 Å². The van der Waals surface area contributed by atoms with E-state index in [9.17, 15) is 4.79 Å². The van der Waals surface area contributed by atoms with Gasteiger partial charge in [0.05, 0.1) is 25.4 Å². The fraction of sp³-hybridized carbons (Fsp3) is 0.250. The van der Waals surface area contributed by atoms with E-state index in [1.54, 1.807) is 32.4 Å². The third kappa shape index (κ3) is 2.80. The van der Waals surface area contributed by atoms with Gasteiger partial charge in [-0.25, -0.2) is 0 Å². The van der Waals surface area contributed by atoms with E-state index in [0.29, 0.717) is 28.1 Å². The Kier molecular flexibility index (Phi) is 4.28. The number of amides is 1. The van der Waals surface area contributed by atoms with Crippen molar-refractivity contribution in [2.45, 2.75) is 23.6 Å². The summed E-state index contributed by atoms with van der Waals surface area (Å²) in [6, 6.07) is 13.5. The number of ether oxygens (including phenoxy) is 2. The third-order valence-corrected chi connectivity index (χ3v) is 5.68. The first kappa shape index (κ1) is 16.8. The lowest BCUT2D eigenvalue weighted by Crippen LogP contribution is -2.22. The molecule has 1 amide bonds. The van der Waals surface area contributed by atoms with Gasteiger partial charge in [-0.05, 0) is 24.3 Å². The van der Waals surface area contributed by atoms with E-state index >= 15 is 0 Å². The van der Waals surface area contributed by atoms with Crippen molar-refractivity contribution >= 4 is 34.3 Å². The second-order valence-corrected chi connectivity index (χ2v) is 7.76. The predicted molar refractivity (Wildman–Crippen MR) is 105 cm³/mol. The number of para-hydroxylation sites is 1. The average Bonchev–Trinajstić information content (AvgIpc) is 3.02. The van der Waals surface area contributed by atoms with E-state index in [-0.39, 0.29) is 5.91 Å². The van der Waals surface area contributed by atoms with E-state index in [1.165, 1.54) is 4.90 Å². The van der Waals surface area contributed by atoms with E-state index in [1.807, 2.05) is 23.9 Å². The first-order chi connectivity index (χ1) is 12.6. The number of hydrogen-bond donors (Lipinski definition) is 1. The molecule has 134 valence electrons. The number of aromatic nitrogens is 1. The van der Waals surface area contributed by atoms with Crippen LogP contribution in [0, 0.1) is 0 Å². The molecule has 4 rings (SSSR count). The molecule has 1 atom stereocenters. The van der Waals surface area contributed by atoms with Crippen LogP contribution in [0.3, 0.4) is 0 Å². The molecule has 0 saturated heterocycles. The lowest BCUT2D eigenvalue weighted by atomic mass is 10.2. The number of hydrogen-bond acceptors (Lipinski definition) is 4. The van der Waals surface area contributed by atoms with Gasteiger partial charge in [0.1, 0.15) is 17.2 Å². The zero-order valence-electron chi connectivity index (χ0n) is 14.9. The van der Waals surface area contributed by atoms with Crippen LogP contribution >= 0.6 is 11.8 Å². The van der Waals surface area contributed by atoms with Crippen molar-refractivity contribution in [2.75, 3.05) is 19.5 Å². The highest BCUT2D eigenvalue weighted by molar-refractivity contribution is 8.00. The largest absolute Gasteiger partial charge is 0.497 e. The lowest BCUT2D eigenvalue weighted by molar-refractivity contribution is 0.101. The number of carbonyl (C=O) groups excluding carboxylic acids is 1. The van der Waals surface area contributed by atoms with Gasteiger partial charge in [-0.2, -0.15) is 0 Å². The van der Waals surface area contributed by atoms with Gasteiger partial charge in [0.25, 0.3) is 5.91 Å². The highest BCUT2D eigenvalue weighted by Gasteiger charge is 2.24. The Balaban J connectivity index is 1.72. The molecule has 1 N–H and O–H groups in total. The van der Waals surface area contributed by atoms with Crippen molar-refractivity contribution < 1.29 is 14.3 Å². The quantitative estimate of drug-likeness (QED) is 0.741. The fourth-order valence-electron chi connectivity index (χ4n) is 3.36. The summed E-state index contributed by atoms with van der Waals surface area (Å²) >= 11 is 1.86. The van der Waals surface area contributed by atoms with Crippen LogP contribution in [-0.4, -0.2) is 29.9 Å². The molecule has 1 unspecified atom stereocenters. The molecule has 2 aromatic carbocycles. The second-order valence-electron chi connectivity index (χ2n) is 6.28. The molecule has 1 aromatic heterocycles. The number of anilines is 1. The summed E-state index contributed by atoms with van der Waals surface area (Å²) in [4.78, 5) is 14.2. The Bertz CT molecular complexity index is 996. The fourth-order valence-corrected chi connectivity index (χ4v) is 4.52. The minimum atomic E-state index is -0.144. The van der Waals surface area contributed by atoms with Crippen molar-refractivity contribution in [1.29, 1.82) is 0 Å². The summed E-state index contributed by atoms with van der Waals surface area (Å²) in [7, 11) is 3.17. The highest BCUT2D eigenvalue weighted by Crippen LogP contribution is 2.38. The van der Waals surface area contributed by atoms with Crippen molar-refractivity contribution in [3.63, 3.8) is 0 Å². The summed E-state index contributed by atoms with van der Waals surface area (Å²) in [6.45, 7) is 2.99. The minimum absolute atomic E-state index is 0.144. The number of nitrogens with one attached hydrogen (secondary N) is 1. The van der Waals surface area contributed by atoms with Crippen LogP contribution in [0.2, 0.25) is 0 Å². The predicted octanol–water partition coefficient (Wildman–Crippen LogP) is 4.41. The van der Waals surface area contributed by atoms with Gasteiger partial charge in [0.2, 0.25) is 0 Å². The van der Waals surface area contributed by atoms with Crippen LogP contribution in [-0.2, 0) is 6.54 Å². The normalized spacial score (nSPS) is 15.7. The van der Waals surface area contributed by atoms with Gasteiger partial charge in [-0.1, -0.05) is 19.1 Å². The topological polar surface area (TPSA) is 52.5 Å². The molecule has 26 heavy (non-hydrogen) atoms. The molecule has 0 spiro atoms. The van der Waals surface area contributed by atoms with Crippen molar-refractivity contribution in [3.8, 4) is 11.5 Å². The Morgan fingerprint density at radius 1 is 1.19 bits per heavy atom. The summed E-state index contributed by atoms with van der Waals surface area (Å²) in [5.41, 5.74) is 2.43. The maximum absolute atomic E-state index is 13.0. The third-order valence-electron chi connectivity index (χ3n) is 4.54. The number of benzene rings is 2. The smallest absolute Gasteiger partial charge is 0.272 e. The molecule has 3 aromatic rings. The van der Waals surface area contributed by atoms with Crippen LogP contribution in [0.4, 0.5) is 5.69 Å². The summed E-state index contributed by atoms with van der Waals surface area (Å²) in [6.07, 6.45) is 0. The zero-order valence-corrected chi connectivity index (χ0v) is 15.7. The molecule has 1 aliphatic rings. The molecule has 0 bridgehead atoms. The first-order valence-electron chi connectivity index (χ1n) is 8.43. The van der Waals surface area contributed by atoms with Crippen LogP contribution in [0.1, 0.15) is 17.4 Å². The molecule has 2 heterocycles. The summed E-state index contributed by atoms with van der Waals surface area (Å²) in [5.74, 6) is 1.10. The molecule has 0 aliphatic carbocycles. The van der Waals surface area contributed by atoms with Crippen molar-refractivity contribution in [3.05, 3.63) is 48.2 Å². The lowest BCUT2D eigenvalue weighted by Gasteiger charge is -2.22. The maximum Gasteiger partial charge on any atom is 0.272 e. The van der Waals surface area contributed by atoms with Gasteiger partial charge in [0.15, 0.2) is 0 Å². The number of methoxy groups -OCH3 is 2. The van der Waals surface area contributed by atoms with Gasteiger partial charge >= 0.3 is 0 Å². The Labute approximate surface area is 156 Å². The van der Waals surface area contributed by atoms with Crippen molar-refractivity contribution in [2.24, 2.45) is 0 Å². The van der Waals surface area contributed by atoms with Gasteiger partial charge in [-0.15, -0.1) is 11.8 Å². The summed E-state index contributed by atoms with van der Waals surface area (Å²) < 4.78 is 12.7. The zero-order chi connectivity index (χ0) is 18.3. The Morgan fingerprint density at radius 3 is 2.81 bits per heavy atom. The van der Waals surface area contributed by atoms with E-state index < -0.39 is 0 Å². The highest BCUT2D eigenvalue weighted by atomic mass is 32.2. The molecule has 1 aliphatic heterocycles. The SMILES string of the molecule is COc1ccc(NC(=O)c2cc3cccc4c3n2CC(C)S4)c(OC)c1. The molecular formula is C20H20N2O3S. The maximum atomic E-state index is 13.0. The standard InChI is InChI=1S/C20H20N2O3S/c1-12-11-22-16(9-13-5-4-6-18(26-12)19(13)22)20(23)21-15-8-7-14(24-2)10-17(15)25-3/h4-10,12H,11H2,1-3H3,(H,21,23). The number of rotatable bonds is 4. The Morgan fingerprint density at radius 2 is 2.04 bits per heavy atom. The van der Waals surface area contributed by atoms with Crippen LogP contribution in [0.5, 0.6) is 11.5 Å². The Hall–Kier alpha value is -2.60. The van der Waals surface area contributed by atoms with Crippen LogP contribution in [0.25, 0.3) is 10.9 Å². The molecule has 5 nitrogen and oxygen atoms in total. The molecule has 0 radical (unpaired) electrons. The second kappa shape index (κ2) is 6.61. The van der Waals surface area contributed by atoms with Crippen LogP contribution in [0.15, 0.2) is 47.4 Å². The average molecular weight is 368 g/mol. The monoisotopic (exact) mass is 368 g/mol. The number of nitrogens with zero attached hydrogens (tertiary/aromatic N) is 1. The van der Waals surface area contributed by atoms with Gasteiger partial charge in [0, 0.05) is 28.1 Å². The first-order valence-corrected chi connectivity index (χ1v) is 9.31. The minimum Gasteiger partial charge on any atom is -0.497 e. The number of thioether (sulfide) groups is 1. The van der Waals surface area contributed by atoms with E-state index in [4.69, 9.17) is 9.47 Å². The number of carbonyl (C=O) groups is 1. The van der Waals surface area contributed by atoms with Gasteiger partial charge < -0.3 is 19.4 Å². The molecular weight excluding hydrogens is 348 g/mol. The van der Waals surface area contributed by atoms with Gasteiger partial charge in [-0.3, -0.25) is 4.79 Å². The molecule has 6 heteroatoms. The van der Waals surface area contributed by atoms with Crippen LogP contribution < -0.4 is 14.8 Å². The van der Waals surface area contributed by atoms with Crippen molar-refractivity contribution in [1.82, 2.24) is 4.57 Å². The molecule has 0 saturated carbocycles.